The van der Waals surface area contributed by atoms with Gasteiger partial charge in [0, 0.05) is 6.20 Å². The Bertz CT molecular complexity index is 593. The van der Waals surface area contributed by atoms with Crippen molar-refractivity contribution < 1.29 is 9.59 Å². The average molecular weight is 260 g/mol. The molecule has 0 saturated carbocycles. The molecule has 0 spiro atoms. The molecular weight excluding hydrogens is 248 g/mol. The molecule has 1 fully saturated rings. The van der Waals surface area contributed by atoms with Crippen LogP contribution < -0.4 is 5.32 Å². The van der Waals surface area contributed by atoms with E-state index in [1.807, 2.05) is 13.1 Å². The highest BCUT2D eigenvalue weighted by Crippen LogP contribution is 2.38. The van der Waals surface area contributed by atoms with E-state index >= 15 is 0 Å². The number of imide groups is 1. The molecule has 1 aliphatic heterocycles. The molecule has 2 aliphatic rings. The fourth-order valence-corrected chi connectivity index (χ4v) is 3.19. The van der Waals surface area contributed by atoms with Crippen molar-refractivity contribution in [3.05, 3.63) is 34.0 Å². The van der Waals surface area contributed by atoms with Gasteiger partial charge in [0.1, 0.15) is 0 Å². The fraction of sp³-hybridized carbons (Fsp3) is 0.308. The van der Waals surface area contributed by atoms with Crippen molar-refractivity contribution in [2.45, 2.75) is 26.2 Å². The SMILES string of the molecule is Cc1cnc2c(c1)CCC/C2=C1/SC(=O)NC1=O. The number of carbonyl (C=O) groups excluding carboxylic acids is 2. The number of hydrogen-bond donors (Lipinski definition) is 1. The molecule has 0 atom stereocenters. The average Bonchev–Trinajstić information content (AvgIpc) is 2.67. The Hall–Kier alpha value is -1.62. The van der Waals surface area contributed by atoms with Crippen molar-refractivity contribution in [2.24, 2.45) is 0 Å². The van der Waals surface area contributed by atoms with Crippen molar-refractivity contribution in [2.75, 3.05) is 0 Å². The zero-order chi connectivity index (χ0) is 12.7. The van der Waals surface area contributed by atoms with Crippen LogP contribution in [0, 0.1) is 6.92 Å². The van der Waals surface area contributed by atoms with Crippen LogP contribution in [0.3, 0.4) is 0 Å². The summed E-state index contributed by atoms with van der Waals surface area (Å²) in [7, 11) is 0. The molecular formula is C13H12N2O2S. The number of aryl methyl sites for hydroxylation is 2. The lowest BCUT2D eigenvalue weighted by molar-refractivity contribution is -0.115. The quantitative estimate of drug-likeness (QED) is 0.728. The van der Waals surface area contributed by atoms with Gasteiger partial charge in [-0.3, -0.25) is 19.9 Å². The topological polar surface area (TPSA) is 59.1 Å². The van der Waals surface area contributed by atoms with Crippen molar-refractivity contribution >= 4 is 28.5 Å². The number of fused-ring (bicyclic) bond motifs is 1. The van der Waals surface area contributed by atoms with Gasteiger partial charge >= 0.3 is 0 Å². The first-order chi connectivity index (χ1) is 8.65. The lowest BCUT2D eigenvalue weighted by atomic mass is 9.90. The molecule has 3 rings (SSSR count). The second-order valence-corrected chi connectivity index (χ2v) is 5.51. The molecule has 1 aromatic rings. The molecule has 0 aromatic carbocycles. The number of hydrogen-bond acceptors (Lipinski definition) is 4. The van der Waals surface area contributed by atoms with E-state index < -0.39 is 0 Å². The number of carbonyl (C=O) groups is 2. The molecule has 1 saturated heterocycles. The first-order valence-corrected chi connectivity index (χ1v) is 6.69. The molecule has 92 valence electrons. The summed E-state index contributed by atoms with van der Waals surface area (Å²) in [5.41, 5.74) is 4.11. The van der Waals surface area contributed by atoms with Gasteiger partial charge in [0.05, 0.1) is 10.6 Å². The van der Waals surface area contributed by atoms with Crippen molar-refractivity contribution in [1.29, 1.82) is 0 Å². The first kappa shape index (κ1) is 11.5. The van der Waals surface area contributed by atoms with Gasteiger partial charge in [0.2, 0.25) is 0 Å². The van der Waals surface area contributed by atoms with Crippen LogP contribution in [0.25, 0.3) is 5.57 Å². The molecule has 2 heterocycles. The van der Waals surface area contributed by atoms with Gasteiger partial charge in [-0.05, 0) is 54.6 Å². The number of nitrogens with zero attached hydrogens (tertiary/aromatic N) is 1. The normalized spacial score (nSPS) is 22.9. The minimum Gasteiger partial charge on any atom is -0.282 e. The van der Waals surface area contributed by atoms with Gasteiger partial charge in [-0.25, -0.2) is 0 Å². The molecule has 1 aromatic heterocycles. The summed E-state index contributed by atoms with van der Waals surface area (Å²) in [4.78, 5) is 27.9. The highest BCUT2D eigenvalue weighted by Gasteiger charge is 2.31. The number of amides is 2. The highest BCUT2D eigenvalue weighted by atomic mass is 32.2. The summed E-state index contributed by atoms with van der Waals surface area (Å²) < 4.78 is 0. The second-order valence-electron chi connectivity index (χ2n) is 4.53. The minimum absolute atomic E-state index is 0.282. The Kier molecular flexibility index (Phi) is 2.70. The fourth-order valence-electron chi connectivity index (χ4n) is 2.40. The van der Waals surface area contributed by atoms with E-state index in [-0.39, 0.29) is 11.1 Å². The Balaban J connectivity index is 2.14. The molecule has 0 bridgehead atoms. The molecule has 18 heavy (non-hydrogen) atoms. The van der Waals surface area contributed by atoms with Crippen LogP contribution in [0.1, 0.15) is 29.7 Å². The zero-order valence-electron chi connectivity index (χ0n) is 9.95. The third kappa shape index (κ3) is 1.84. The molecule has 1 aliphatic carbocycles. The van der Waals surface area contributed by atoms with E-state index in [9.17, 15) is 9.59 Å². The number of aromatic nitrogens is 1. The maximum absolute atomic E-state index is 11.7. The third-order valence-corrected chi connectivity index (χ3v) is 4.08. The Morgan fingerprint density at radius 3 is 2.89 bits per heavy atom. The van der Waals surface area contributed by atoms with E-state index in [2.05, 4.69) is 16.4 Å². The zero-order valence-corrected chi connectivity index (χ0v) is 10.8. The minimum atomic E-state index is -0.290. The molecule has 0 unspecified atom stereocenters. The van der Waals surface area contributed by atoms with Gasteiger partial charge in [-0.1, -0.05) is 6.07 Å². The summed E-state index contributed by atoms with van der Waals surface area (Å²) in [5.74, 6) is -0.282. The number of allylic oxidation sites excluding steroid dienone is 1. The van der Waals surface area contributed by atoms with Gasteiger partial charge in [0.25, 0.3) is 11.1 Å². The van der Waals surface area contributed by atoms with Crippen LogP contribution in [0.4, 0.5) is 4.79 Å². The van der Waals surface area contributed by atoms with E-state index in [1.165, 1.54) is 5.56 Å². The van der Waals surface area contributed by atoms with E-state index in [0.717, 1.165) is 47.9 Å². The van der Waals surface area contributed by atoms with Gasteiger partial charge in [-0.15, -0.1) is 0 Å². The number of thioether (sulfide) groups is 1. The number of nitrogens with one attached hydrogen (secondary N) is 1. The van der Waals surface area contributed by atoms with Crippen molar-refractivity contribution in [1.82, 2.24) is 10.3 Å². The first-order valence-electron chi connectivity index (χ1n) is 5.87. The molecule has 0 radical (unpaired) electrons. The van der Waals surface area contributed by atoms with Crippen LogP contribution in [-0.4, -0.2) is 16.1 Å². The second kappa shape index (κ2) is 4.24. The maximum atomic E-state index is 11.7. The number of rotatable bonds is 0. The van der Waals surface area contributed by atoms with Gasteiger partial charge in [0.15, 0.2) is 0 Å². The predicted octanol–water partition coefficient (Wildman–Crippen LogP) is 2.42. The Morgan fingerprint density at radius 2 is 2.17 bits per heavy atom. The molecule has 2 amide bonds. The van der Waals surface area contributed by atoms with Crippen LogP contribution in [0.15, 0.2) is 17.2 Å². The Labute approximate surface area is 109 Å². The third-order valence-electron chi connectivity index (χ3n) is 3.15. The van der Waals surface area contributed by atoms with Gasteiger partial charge in [-0.2, -0.15) is 0 Å². The highest BCUT2D eigenvalue weighted by molar-refractivity contribution is 8.18. The van der Waals surface area contributed by atoms with Crippen LogP contribution in [0.5, 0.6) is 0 Å². The van der Waals surface area contributed by atoms with E-state index in [4.69, 9.17) is 0 Å². The van der Waals surface area contributed by atoms with E-state index in [1.54, 1.807) is 0 Å². The van der Waals surface area contributed by atoms with Crippen molar-refractivity contribution in [3.8, 4) is 0 Å². The van der Waals surface area contributed by atoms with Crippen LogP contribution in [-0.2, 0) is 11.2 Å². The Morgan fingerprint density at radius 1 is 1.33 bits per heavy atom. The lowest BCUT2D eigenvalue weighted by Crippen LogP contribution is -2.19. The van der Waals surface area contributed by atoms with Gasteiger partial charge < -0.3 is 0 Å². The maximum Gasteiger partial charge on any atom is 0.290 e. The largest absolute Gasteiger partial charge is 0.290 e. The summed E-state index contributed by atoms with van der Waals surface area (Å²) in [5, 5.41) is 2.02. The summed E-state index contributed by atoms with van der Waals surface area (Å²) in [6.07, 6.45) is 4.61. The monoisotopic (exact) mass is 260 g/mol. The standard InChI is InChI=1S/C13H12N2O2S/c1-7-5-8-3-2-4-9(10(8)14-6-7)11-12(16)15-13(17)18-11/h5-6H,2-4H2,1H3,(H,15,16,17)/b11-9-. The molecule has 5 heteroatoms. The lowest BCUT2D eigenvalue weighted by Gasteiger charge is -2.19. The smallest absolute Gasteiger partial charge is 0.282 e. The molecule has 1 N–H and O–H groups in total. The summed E-state index contributed by atoms with van der Waals surface area (Å²) >= 11 is 0.988. The number of pyridine rings is 1. The van der Waals surface area contributed by atoms with Crippen LogP contribution >= 0.6 is 11.8 Å². The van der Waals surface area contributed by atoms with Crippen molar-refractivity contribution in [3.63, 3.8) is 0 Å². The molecule has 4 nitrogen and oxygen atoms in total. The van der Waals surface area contributed by atoms with E-state index in [0.29, 0.717) is 4.91 Å². The summed E-state index contributed by atoms with van der Waals surface area (Å²) in [6, 6.07) is 2.11. The van der Waals surface area contributed by atoms with Crippen LogP contribution in [0.2, 0.25) is 0 Å². The predicted molar refractivity (Wildman–Crippen MR) is 70.0 cm³/mol. The summed E-state index contributed by atoms with van der Waals surface area (Å²) in [6.45, 7) is 2.01.